The zero-order valence-corrected chi connectivity index (χ0v) is 8.30. The maximum atomic E-state index is 5.68. The second-order valence-corrected chi connectivity index (χ2v) is 3.94. The molecule has 1 fully saturated rings. The molecule has 0 bridgehead atoms. The van der Waals surface area contributed by atoms with Crippen molar-refractivity contribution in [3.05, 3.63) is 6.33 Å². The Hall–Kier alpha value is -1.72. The summed E-state index contributed by atoms with van der Waals surface area (Å²) in [6, 6.07) is 0.506. The SMILES string of the molecule is Nc1nnnc2c1ncn2C1CCCC1. The van der Waals surface area contributed by atoms with Gasteiger partial charge in [-0.1, -0.05) is 12.8 Å². The van der Waals surface area contributed by atoms with Gasteiger partial charge in [-0.2, -0.15) is 0 Å². The summed E-state index contributed by atoms with van der Waals surface area (Å²) in [6.45, 7) is 0. The van der Waals surface area contributed by atoms with Crippen LogP contribution in [0.2, 0.25) is 0 Å². The van der Waals surface area contributed by atoms with Crippen molar-refractivity contribution in [3.8, 4) is 0 Å². The molecule has 0 saturated heterocycles. The standard InChI is InChI=1S/C9H12N6/c10-8-7-9(13-14-12-8)15(5-11-7)6-3-1-2-4-6/h5-6H,1-4H2,(H2,10,12,13). The van der Waals surface area contributed by atoms with Gasteiger partial charge in [0.25, 0.3) is 0 Å². The van der Waals surface area contributed by atoms with Gasteiger partial charge >= 0.3 is 0 Å². The Labute approximate surface area is 86.5 Å². The van der Waals surface area contributed by atoms with Crippen LogP contribution in [0.25, 0.3) is 11.2 Å². The molecule has 6 nitrogen and oxygen atoms in total. The molecule has 0 spiro atoms. The van der Waals surface area contributed by atoms with Crippen molar-refractivity contribution in [3.63, 3.8) is 0 Å². The summed E-state index contributed by atoms with van der Waals surface area (Å²) in [4.78, 5) is 4.24. The first kappa shape index (κ1) is 8.58. The first-order valence-corrected chi connectivity index (χ1v) is 5.17. The number of aromatic nitrogens is 5. The molecule has 0 unspecified atom stereocenters. The predicted molar refractivity (Wildman–Crippen MR) is 55.0 cm³/mol. The summed E-state index contributed by atoms with van der Waals surface area (Å²) >= 11 is 0. The van der Waals surface area contributed by atoms with E-state index < -0.39 is 0 Å². The van der Waals surface area contributed by atoms with Crippen LogP contribution in [0.3, 0.4) is 0 Å². The molecular weight excluding hydrogens is 192 g/mol. The minimum absolute atomic E-state index is 0.358. The lowest BCUT2D eigenvalue weighted by atomic mass is 10.2. The predicted octanol–water partition coefficient (Wildman–Crippen LogP) is 0.919. The Morgan fingerprint density at radius 3 is 2.87 bits per heavy atom. The lowest BCUT2D eigenvalue weighted by molar-refractivity contribution is 0.527. The van der Waals surface area contributed by atoms with E-state index in [1.807, 2.05) is 0 Å². The molecule has 0 aromatic carbocycles. The minimum Gasteiger partial charge on any atom is -0.380 e. The number of fused-ring (bicyclic) bond motifs is 1. The molecule has 3 rings (SSSR count). The highest BCUT2D eigenvalue weighted by Gasteiger charge is 2.20. The number of hydrogen-bond donors (Lipinski definition) is 1. The molecule has 0 radical (unpaired) electrons. The van der Waals surface area contributed by atoms with E-state index in [0.717, 1.165) is 5.65 Å². The second-order valence-electron chi connectivity index (χ2n) is 3.94. The van der Waals surface area contributed by atoms with Crippen molar-refractivity contribution >= 4 is 17.0 Å². The molecule has 1 aliphatic rings. The van der Waals surface area contributed by atoms with E-state index >= 15 is 0 Å². The lowest BCUT2D eigenvalue weighted by Gasteiger charge is -2.10. The van der Waals surface area contributed by atoms with Crippen LogP contribution >= 0.6 is 0 Å². The lowest BCUT2D eigenvalue weighted by Crippen LogP contribution is -2.05. The van der Waals surface area contributed by atoms with Crippen molar-refractivity contribution in [1.82, 2.24) is 25.0 Å². The van der Waals surface area contributed by atoms with Gasteiger partial charge in [0.05, 0.1) is 6.33 Å². The molecule has 2 aromatic heterocycles. The van der Waals surface area contributed by atoms with Crippen molar-refractivity contribution in [1.29, 1.82) is 0 Å². The van der Waals surface area contributed by atoms with Crippen molar-refractivity contribution in [2.45, 2.75) is 31.7 Å². The van der Waals surface area contributed by atoms with E-state index in [2.05, 4.69) is 25.0 Å². The van der Waals surface area contributed by atoms with Gasteiger partial charge < -0.3 is 10.3 Å². The Bertz CT molecular complexity index is 484. The van der Waals surface area contributed by atoms with Crippen LogP contribution in [0.15, 0.2) is 6.33 Å². The molecule has 2 N–H and O–H groups in total. The normalized spacial score (nSPS) is 17.6. The maximum Gasteiger partial charge on any atom is 0.188 e. The molecule has 1 saturated carbocycles. The van der Waals surface area contributed by atoms with Gasteiger partial charge in [-0.25, -0.2) is 4.98 Å². The molecular formula is C9H12N6. The molecule has 0 aliphatic heterocycles. The first-order chi connectivity index (χ1) is 7.36. The largest absolute Gasteiger partial charge is 0.380 e. The zero-order valence-electron chi connectivity index (χ0n) is 8.30. The van der Waals surface area contributed by atoms with Crippen molar-refractivity contribution in [2.24, 2.45) is 0 Å². The Morgan fingerprint density at radius 2 is 2.07 bits per heavy atom. The summed E-state index contributed by atoms with van der Waals surface area (Å²) in [7, 11) is 0. The molecule has 1 aliphatic carbocycles. The van der Waals surface area contributed by atoms with Crippen LogP contribution in [0.1, 0.15) is 31.7 Å². The Morgan fingerprint density at radius 1 is 1.27 bits per heavy atom. The van der Waals surface area contributed by atoms with Gasteiger partial charge in [-0.15, -0.1) is 10.2 Å². The quantitative estimate of drug-likeness (QED) is 0.746. The number of nitrogens with two attached hydrogens (primary N) is 1. The summed E-state index contributed by atoms with van der Waals surface area (Å²) < 4.78 is 2.08. The van der Waals surface area contributed by atoms with Crippen LogP contribution in [0.4, 0.5) is 5.82 Å². The smallest absolute Gasteiger partial charge is 0.188 e. The van der Waals surface area contributed by atoms with Gasteiger partial charge in [-0.05, 0) is 18.1 Å². The molecule has 0 amide bonds. The molecule has 15 heavy (non-hydrogen) atoms. The van der Waals surface area contributed by atoms with E-state index in [9.17, 15) is 0 Å². The summed E-state index contributed by atoms with van der Waals surface area (Å²) in [5, 5.41) is 11.3. The monoisotopic (exact) mass is 204 g/mol. The van der Waals surface area contributed by atoms with Crippen LogP contribution in [-0.4, -0.2) is 25.0 Å². The highest BCUT2D eigenvalue weighted by atomic mass is 15.4. The average Bonchev–Trinajstić information content (AvgIpc) is 2.85. The zero-order chi connectivity index (χ0) is 10.3. The molecule has 2 heterocycles. The van der Waals surface area contributed by atoms with Gasteiger partial charge in [0, 0.05) is 6.04 Å². The molecule has 78 valence electrons. The Balaban J connectivity index is 2.15. The van der Waals surface area contributed by atoms with E-state index in [4.69, 9.17) is 5.73 Å². The van der Waals surface area contributed by atoms with Crippen LogP contribution in [0.5, 0.6) is 0 Å². The first-order valence-electron chi connectivity index (χ1n) is 5.17. The fourth-order valence-corrected chi connectivity index (χ4v) is 2.24. The third-order valence-corrected chi connectivity index (χ3v) is 3.02. The molecule has 6 heteroatoms. The fourth-order valence-electron chi connectivity index (χ4n) is 2.24. The molecule has 0 atom stereocenters. The van der Waals surface area contributed by atoms with E-state index in [1.165, 1.54) is 25.7 Å². The topological polar surface area (TPSA) is 82.5 Å². The third-order valence-electron chi connectivity index (χ3n) is 3.02. The van der Waals surface area contributed by atoms with Crippen LogP contribution in [-0.2, 0) is 0 Å². The highest BCUT2D eigenvalue weighted by Crippen LogP contribution is 2.31. The Kier molecular flexibility index (Phi) is 1.80. The summed E-state index contributed by atoms with van der Waals surface area (Å²) in [6.07, 6.45) is 6.73. The van der Waals surface area contributed by atoms with Crippen molar-refractivity contribution in [2.75, 3.05) is 5.73 Å². The van der Waals surface area contributed by atoms with Crippen molar-refractivity contribution < 1.29 is 0 Å². The number of rotatable bonds is 1. The van der Waals surface area contributed by atoms with Gasteiger partial charge in [-0.3, -0.25) is 0 Å². The van der Waals surface area contributed by atoms with E-state index in [1.54, 1.807) is 6.33 Å². The minimum atomic E-state index is 0.358. The maximum absolute atomic E-state index is 5.68. The van der Waals surface area contributed by atoms with Crippen LogP contribution in [0, 0.1) is 0 Å². The number of nitrogen functional groups attached to an aromatic ring is 1. The second kappa shape index (κ2) is 3.15. The number of hydrogen-bond acceptors (Lipinski definition) is 5. The summed E-state index contributed by atoms with van der Waals surface area (Å²) in [5.41, 5.74) is 7.10. The fraction of sp³-hybridized carbons (Fsp3) is 0.556. The number of imidazole rings is 1. The number of anilines is 1. The average molecular weight is 204 g/mol. The number of nitrogens with zero attached hydrogens (tertiary/aromatic N) is 5. The van der Waals surface area contributed by atoms with Crippen LogP contribution < -0.4 is 5.73 Å². The van der Waals surface area contributed by atoms with Gasteiger partial charge in [0.15, 0.2) is 17.0 Å². The van der Waals surface area contributed by atoms with E-state index in [-0.39, 0.29) is 0 Å². The molecule has 2 aromatic rings. The van der Waals surface area contributed by atoms with Gasteiger partial charge in [0.1, 0.15) is 0 Å². The van der Waals surface area contributed by atoms with Gasteiger partial charge in [0.2, 0.25) is 0 Å². The third kappa shape index (κ3) is 1.25. The highest BCUT2D eigenvalue weighted by molar-refractivity contribution is 5.80. The summed E-state index contributed by atoms with van der Waals surface area (Å²) in [5.74, 6) is 0.358. The van der Waals surface area contributed by atoms with E-state index in [0.29, 0.717) is 17.4 Å².